The molecule has 0 aromatic carbocycles. The Kier molecular flexibility index (Phi) is 3.02. The zero-order valence-corrected chi connectivity index (χ0v) is 9.51. The van der Waals surface area contributed by atoms with E-state index in [9.17, 15) is 4.79 Å². The van der Waals surface area contributed by atoms with Crippen LogP contribution in [0.1, 0.15) is 47.7 Å². The largest absolute Gasteiger partial charge is 0.348 e. The van der Waals surface area contributed by atoms with Gasteiger partial charge in [-0.2, -0.15) is 0 Å². The summed E-state index contributed by atoms with van der Waals surface area (Å²) in [7, 11) is 0. The molecule has 5 heteroatoms. The van der Waals surface area contributed by atoms with Gasteiger partial charge in [0.2, 0.25) is 0 Å². The van der Waals surface area contributed by atoms with E-state index in [1.54, 1.807) is 5.38 Å². The number of carbonyl (C=O) groups excluding carboxylic acids is 1. The Hall–Kier alpha value is -0.940. The number of thiazole rings is 1. The predicted octanol–water partition coefficient (Wildman–Crippen LogP) is 1.45. The summed E-state index contributed by atoms with van der Waals surface area (Å²) >= 11 is 1.44. The van der Waals surface area contributed by atoms with E-state index in [-0.39, 0.29) is 11.9 Å². The van der Waals surface area contributed by atoms with Gasteiger partial charge >= 0.3 is 0 Å². The van der Waals surface area contributed by atoms with Crippen molar-refractivity contribution in [1.29, 1.82) is 0 Å². The Balaban J connectivity index is 1.98. The first-order valence-corrected chi connectivity index (χ1v) is 6.06. The van der Waals surface area contributed by atoms with Crippen molar-refractivity contribution in [2.24, 2.45) is 5.73 Å². The van der Waals surface area contributed by atoms with E-state index >= 15 is 0 Å². The molecule has 3 N–H and O–H groups in total. The number of hydrogen-bond acceptors (Lipinski definition) is 4. The molecule has 1 heterocycles. The second-order valence-electron chi connectivity index (χ2n) is 3.96. The van der Waals surface area contributed by atoms with Crippen molar-refractivity contribution in [2.75, 3.05) is 0 Å². The summed E-state index contributed by atoms with van der Waals surface area (Å²) in [5.41, 5.74) is 6.18. The first kappa shape index (κ1) is 10.6. The van der Waals surface area contributed by atoms with Gasteiger partial charge in [-0.3, -0.25) is 4.79 Å². The molecule has 15 heavy (non-hydrogen) atoms. The number of nitrogens with zero attached hydrogens (tertiary/aromatic N) is 1. The van der Waals surface area contributed by atoms with Crippen LogP contribution in [0.5, 0.6) is 0 Å². The fourth-order valence-electron chi connectivity index (χ4n) is 1.41. The third-order valence-corrected chi connectivity index (χ3v) is 3.63. The van der Waals surface area contributed by atoms with Gasteiger partial charge in [0, 0.05) is 11.4 Å². The van der Waals surface area contributed by atoms with Gasteiger partial charge in [0.15, 0.2) is 0 Å². The van der Waals surface area contributed by atoms with Gasteiger partial charge in [-0.1, -0.05) is 0 Å². The van der Waals surface area contributed by atoms with Gasteiger partial charge in [-0.25, -0.2) is 4.98 Å². The average molecular weight is 225 g/mol. The molecule has 4 nitrogen and oxygen atoms in total. The highest BCUT2D eigenvalue weighted by molar-refractivity contribution is 7.09. The van der Waals surface area contributed by atoms with Crippen LogP contribution in [0.15, 0.2) is 5.38 Å². The third-order valence-electron chi connectivity index (χ3n) is 2.58. The number of aromatic nitrogens is 1. The lowest BCUT2D eigenvalue weighted by atomic mass is 9.93. The number of carbonyl (C=O) groups is 1. The van der Waals surface area contributed by atoms with Crippen LogP contribution in [-0.2, 0) is 0 Å². The second kappa shape index (κ2) is 4.28. The smallest absolute Gasteiger partial charge is 0.270 e. The number of nitrogens with two attached hydrogens (primary N) is 1. The summed E-state index contributed by atoms with van der Waals surface area (Å²) in [6.45, 7) is 1.87. The van der Waals surface area contributed by atoms with Crippen LogP contribution in [-0.4, -0.2) is 16.9 Å². The highest BCUT2D eigenvalue weighted by Gasteiger charge is 2.21. The van der Waals surface area contributed by atoms with Crippen molar-refractivity contribution in [3.05, 3.63) is 16.1 Å². The molecular formula is C10H15N3OS. The fraction of sp³-hybridized carbons (Fsp3) is 0.600. The molecule has 0 saturated heterocycles. The van der Waals surface area contributed by atoms with Gasteiger partial charge in [-0.15, -0.1) is 11.3 Å². The molecule has 0 spiro atoms. The van der Waals surface area contributed by atoms with E-state index in [4.69, 9.17) is 5.73 Å². The Morgan fingerprint density at radius 2 is 2.47 bits per heavy atom. The maximum Gasteiger partial charge on any atom is 0.270 e. The number of amides is 1. The van der Waals surface area contributed by atoms with Crippen molar-refractivity contribution < 1.29 is 4.79 Å². The minimum Gasteiger partial charge on any atom is -0.348 e. The van der Waals surface area contributed by atoms with Gasteiger partial charge < -0.3 is 11.1 Å². The minimum absolute atomic E-state index is 0.0668. The zero-order chi connectivity index (χ0) is 10.8. The molecule has 82 valence electrons. The van der Waals surface area contributed by atoms with Crippen molar-refractivity contribution in [1.82, 2.24) is 10.3 Å². The van der Waals surface area contributed by atoms with Crippen LogP contribution < -0.4 is 11.1 Å². The minimum atomic E-state index is -0.0970. The molecule has 0 aliphatic heterocycles. The van der Waals surface area contributed by atoms with Crippen molar-refractivity contribution in [2.45, 2.75) is 38.3 Å². The Labute approximate surface area is 92.9 Å². The van der Waals surface area contributed by atoms with Gasteiger partial charge in [0.05, 0.1) is 6.04 Å². The molecule has 1 unspecified atom stereocenters. The first-order valence-electron chi connectivity index (χ1n) is 5.18. The number of nitrogens with one attached hydrogen (secondary N) is 1. The molecule has 1 aromatic heterocycles. The molecule has 1 aliphatic carbocycles. The molecule has 1 amide bonds. The number of rotatable bonds is 3. The van der Waals surface area contributed by atoms with E-state index in [2.05, 4.69) is 10.3 Å². The maximum atomic E-state index is 11.7. The average Bonchev–Trinajstić information content (AvgIpc) is 2.59. The van der Waals surface area contributed by atoms with Crippen LogP contribution in [0.2, 0.25) is 0 Å². The Bertz CT molecular complexity index is 357. The summed E-state index contributed by atoms with van der Waals surface area (Å²) < 4.78 is 0. The monoisotopic (exact) mass is 225 g/mol. The van der Waals surface area contributed by atoms with E-state index in [1.165, 1.54) is 17.8 Å². The number of hydrogen-bond donors (Lipinski definition) is 2. The summed E-state index contributed by atoms with van der Waals surface area (Å²) in [5, 5.41) is 5.53. The van der Waals surface area contributed by atoms with Gasteiger partial charge in [0.25, 0.3) is 5.91 Å². The lowest BCUT2D eigenvalue weighted by Gasteiger charge is -2.25. The van der Waals surface area contributed by atoms with Crippen LogP contribution in [0, 0.1) is 0 Å². The maximum absolute atomic E-state index is 11.7. The standard InChI is InChI=1S/C10H15N3OS/c1-6(11)10-13-8(5-15-10)9(14)12-7-3-2-4-7/h5-7H,2-4,11H2,1H3,(H,12,14). The molecule has 1 aliphatic rings. The predicted molar refractivity (Wildman–Crippen MR) is 59.8 cm³/mol. The SMILES string of the molecule is CC(N)c1nc(C(=O)NC2CCC2)cs1. The van der Waals surface area contributed by atoms with E-state index in [0.717, 1.165) is 17.8 Å². The Morgan fingerprint density at radius 3 is 2.93 bits per heavy atom. The highest BCUT2D eigenvalue weighted by atomic mass is 32.1. The highest BCUT2D eigenvalue weighted by Crippen LogP contribution is 2.20. The van der Waals surface area contributed by atoms with Gasteiger partial charge in [-0.05, 0) is 26.2 Å². The summed E-state index contributed by atoms with van der Waals surface area (Å²) in [6, 6.07) is 0.262. The lowest BCUT2D eigenvalue weighted by Crippen LogP contribution is -2.39. The zero-order valence-electron chi connectivity index (χ0n) is 8.69. The molecule has 1 saturated carbocycles. The van der Waals surface area contributed by atoms with Crippen LogP contribution in [0.3, 0.4) is 0 Å². The van der Waals surface area contributed by atoms with E-state index in [1.807, 2.05) is 6.92 Å². The Morgan fingerprint density at radius 1 is 1.73 bits per heavy atom. The summed E-state index contributed by atoms with van der Waals surface area (Å²) in [6.07, 6.45) is 3.40. The van der Waals surface area contributed by atoms with Crippen LogP contribution >= 0.6 is 11.3 Å². The van der Waals surface area contributed by atoms with Crippen molar-refractivity contribution in [3.8, 4) is 0 Å². The normalized spacial score (nSPS) is 18.3. The van der Waals surface area contributed by atoms with Crippen molar-refractivity contribution in [3.63, 3.8) is 0 Å². The molecular weight excluding hydrogens is 210 g/mol. The molecule has 2 rings (SSSR count). The molecule has 1 fully saturated rings. The lowest BCUT2D eigenvalue weighted by molar-refractivity contribution is 0.0912. The van der Waals surface area contributed by atoms with E-state index < -0.39 is 0 Å². The quantitative estimate of drug-likeness (QED) is 0.818. The fourth-order valence-corrected chi connectivity index (χ4v) is 2.17. The molecule has 1 atom stereocenters. The van der Waals surface area contributed by atoms with Crippen molar-refractivity contribution >= 4 is 17.2 Å². The molecule has 0 radical (unpaired) electrons. The second-order valence-corrected chi connectivity index (χ2v) is 4.85. The third kappa shape index (κ3) is 2.35. The summed E-state index contributed by atoms with van der Waals surface area (Å²) in [5.74, 6) is -0.0668. The first-order chi connectivity index (χ1) is 7.16. The topological polar surface area (TPSA) is 68.0 Å². The molecule has 0 bridgehead atoms. The van der Waals surface area contributed by atoms with Gasteiger partial charge in [0.1, 0.15) is 10.7 Å². The van der Waals surface area contributed by atoms with Crippen LogP contribution in [0.4, 0.5) is 0 Å². The van der Waals surface area contributed by atoms with Crippen LogP contribution in [0.25, 0.3) is 0 Å². The molecule has 1 aromatic rings. The summed E-state index contributed by atoms with van der Waals surface area (Å²) in [4.78, 5) is 15.9. The van der Waals surface area contributed by atoms with E-state index in [0.29, 0.717) is 11.7 Å².